The number of allylic oxidation sites excluding steroid dienone is 2. The summed E-state index contributed by atoms with van der Waals surface area (Å²) in [5.41, 5.74) is 2.61. The third-order valence-electron chi connectivity index (χ3n) is 4.94. The van der Waals surface area contributed by atoms with E-state index in [0.29, 0.717) is 24.2 Å². The van der Waals surface area contributed by atoms with Gasteiger partial charge in [0.25, 0.3) is 0 Å². The first-order valence-corrected chi connectivity index (χ1v) is 9.12. The molecular weight excluding hydrogens is 332 g/mol. The number of nitrogens with one attached hydrogen (secondary N) is 1. The Kier molecular flexibility index (Phi) is 3.98. The maximum atomic E-state index is 13.0. The minimum absolute atomic E-state index is 0.0269. The van der Waals surface area contributed by atoms with E-state index in [0.717, 1.165) is 11.1 Å². The van der Waals surface area contributed by atoms with Crippen LogP contribution >= 0.6 is 11.3 Å². The van der Waals surface area contributed by atoms with Crippen LogP contribution in [0.15, 0.2) is 58.5 Å². The van der Waals surface area contributed by atoms with E-state index >= 15 is 0 Å². The average molecular weight is 348 g/mol. The Bertz CT molecular complexity index is 894. The molecule has 0 fully saturated rings. The largest absolute Gasteiger partial charge is 0.446 e. The number of hydrogen-bond acceptors (Lipinski definition) is 5. The molecular formula is C20H16N2O2S. The summed E-state index contributed by atoms with van der Waals surface area (Å²) in [5, 5.41) is 21.6. The van der Waals surface area contributed by atoms with Gasteiger partial charge in [-0.3, -0.25) is 10.2 Å². The molecule has 2 aliphatic rings. The Morgan fingerprint density at radius 1 is 1.16 bits per heavy atom. The summed E-state index contributed by atoms with van der Waals surface area (Å²) in [6.45, 7) is 0. The summed E-state index contributed by atoms with van der Waals surface area (Å²) in [5.74, 6) is -0.542. The lowest BCUT2D eigenvalue weighted by molar-refractivity contribution is -0.117. The average Bonchev–Trinajstić information content (AvgIpc) is 3.15. The normalized spacial score (nSPS) is 26.0. The third-order valence-corrected chi connectivity index (χ3v) is 5.64. The Morgan fingerprint density at radius 3 is 2.64 bits per heavy atom. The van der Waals surface area contributed by atoms with Crippen LogP contribution in [-0.4, -0.2) is 11.7 Å². The molecule has 1 aliphatic carbocycles. The van der Waals surface area contributed by atoms with Crippen LogP contribution in [0.3, 0.4) is 0 Å². The molecule has 0 saturated heterocycles. The first-order valence-electron chi connectivity index (χ1n) is 8.18. The van der Waals surface area contributed by atoms with Gasteiger partial charge in [0.1, 0.15) is 11.7 Å². The van der Waals surface area contributed by atoms with E-state index in [1.165, 1.54) is 11.3 Å². The molecule has 25 heavy (non-hydrogen) atoms. The molecule has 124 valence electrons. The second kappa shape index (κ2) is 6.30. The second-order valence-electron chi connectivity index (χ2n) is 6.38. The fourth-order valence-electron chi connectivity index (χ4n) is 3.76. The number of carbonyl (C=O) groups is 1. The summed E-state index contributed by atoms with van der Waals surface area (Å²) in [7, 11) is 0. The van der Waals surface area contributed by atoms with Crippen molar-refractivity contribution in [3.8, 4) is 6.07 Å². The standard InChI is InChI=1S/C20H16N2O2S/c21-10-15-18(13-6-7-25-11-13)19-16(23)8-14(9-17(19)24-20(15)22)12-4-2-1-3-5-12/h1-7,11,14-15,18,22H,8-9H2. The number of ketones is 1. The van der Waals surface area contributed by atoms with Crippen LogP contribution in [0.1, 0.15) is 35.8 Å². The van der Waals surface area contributed by atoms with Crippen molar-refractivity contribution in [1.29, 1.82) is 10.7 Å². The zero-order chi connectivity index (χ0) is 17.4. The molecule has 0 amide bonds. The van der Waals surface area contributed by atoms with Crippen LogP contribution in [0.2, 0.25) is 0 Å². The number of benzene rings is 1. The molecule has 2 heterocycles. The van der Waals surface area contributed by atoms with Crippen molar-refractivity contribution in [2.75, 3.05) is 0 Å². The van der Waals surface area contributed by atoms with Crippen LogP contribution in [0.4, 0.5) is 0 Å². The minimum Gasteiger partial charge on any atom is -0.446 e. The Hall–Kier alpha value is -2.71. The van der Waals surface area contributed by atoms with E-state index in [1.807, 2.05) is 47.2 Å². The maximum absolute atomic E-state index is 13.0. The number of nitrogens with zero attached hydrogens (tertiary/aromatic N) is 1. The van der Waals surface area contributed by atoms with Gasteiger partial charge in [0.05, 0.1) is 6.07 Å². The molecule has 1 aromatic carbocycles. The van der Waals surface area contributed by atoms with Crippen LogP contribution in [-0.2, 0) is 9.53 Å². The molecule has 2 aromatic rings. The van der Waals surface area contributed by atoms with E-state index in [2.05, 4.69) is 6.07 Å². The molecule has 0 saturated carbocycles. The molecule has 4 rings (SSSR count). The van der Waals surface area contributed by atoms with E-state index < -0.39 is 11.8 Å². The van der Waals surface area contributed by atoms with Gasteiger partial charge >= 0.3 is 0 Å². The summed E-state index contributed by atoms with van der Waals surface area (Å²) in [6.07, 6.45) is 1.00. The molecule has 0 spiro atoms. The maximum Gasteiger partial charge on any atom is 0.205 e. The fourth-order valence-corrected chi connectivity index (χ4v) is 4.45. The lowest BCUT2D eigenvalue weighted by atomic mass is 9.72. The first kappa shape index (κ1) is 15.8. The number of Topliss-reactive ketones (excluding diaryl/α,β-unsaturated/α-hetero) is 1. The summed E-state index contributed by atoms with van der Waals surface area (Å²) in [6, 6.07) is 14.0. The number of rotatable bonds is 2. The summed E-state index contributed by atoms with van der Waals surface area (Å²) in [4.78, 5) is 13.0. The van der Waals surface area contributed by atoms with Gasteiger partial charge in [-0.05, 0) is 33.9 Å². The smallest absolute Gasteiger partial charge is 0.205 e. The van der Waals surface area contributed by atoms with Gasteiger partial charge in [-0.15, -0.1) is 0 Å². The Morgan fingerprint density at radius 2 is 1.96 bits per heavy atom. The van der Waals surface area contributed by atoms with Crippen LogP contribution in [0, 0.1) is 22.7 Å². The van der Waals surface area contributed by atoms with Gasteiger partial charge in [0.2, 0.25) is 5.90 Å². The highest BCUT2D eigenvalue weighted by Crippen LogP contribution is 2.46. The molecule has 0 bridgehead atoms. The number of carbonyl (C=O) groups excluding carboxylic acids is 1. The predicted molar refractivity (Wildman–Crippen MR) is 95.4 cm³/mol. The van der Waals surface area contributed by atoms with E-state index in [4.69, 9.17) is 10.1 Å². The molecule has 5 heteroatoms. The van der Waals surface area contributed by atoms with Gasteiger partial charge in [0, 0.05) is 24.3 Å². The lowest BCUT2D eigenvalue weighted by Gasteiger charge is -2.36. The Balaban J connectivity index is 1.78. The molecule has 0 radical (unpaired) electrons. The van der Waals surface area contributed by atoms with Crippen LogP contribution in [0.25, 0.3) is 0 Å². The quantitative estimate of drug-likeness (QED) is 0.875. The molecule has 4 nitrogen and oxygen atoms in total. The van der Waals surface area contributed by atoms with Crippen molar-refractivity contribution in [3.05, 3.63) is 69.6 Å². The highest BCUT2D eigenvalue weighted by atomic mass is 32.1. The third kappa shape index (κ3) is 2.69. The fraction of sp³-hybridized carbons (Fsp3) is 0.250. The second-order valence-corrected chi connectivity index (χ2v) is 7.16. The highest BCUT2D eigenvalue weighted by molar-refractivity contribution is 7.08. The Labute approximate surface area is 149 Å². The number of hydrogen-bond donors (Lipinski definition) is 1. The molecule has 1 aliphatic heterocycles. The zero-order valence-corrected chi connectivity index (χ0v) is 14.3. The van der Waals surface area contributed by atoms with Crippen LogP contribution < -0.4 is 0 Å². The minimum atomic E-state index is -0.745. The number of ether oxygens (including phenoxy) is 1. The molecule has 3 unspecified atom stereocenters. The number of nitriles is 1. The van der Waals surface area contributed by atoms with Gasteiger partial charge in [0.15, 0.2) is 5.78 Å². The lowest BCUT2D eigenvalue weighted by Crippen LogP contribution is -2.35. The van der Waals surface area contributed by atoms with Crippen molar-refractivity contribution >= 4 is 23.0 Å². The monoisotopic (exact) mass is 348 g/mol. The van der Waals surface area contributed by atoms with Gasteiger partial charge < -0.3 is 4.74 Å². The van der Waals surface area contributed by atoms with Crippen LogP contribution in [0.5, 0.6) is 0 Å². The van der Waals surface area contributed by atoms with E-state index in [-0.39, 0.29) is 17.6 Å². The van der Waals surface area contributed by atoms with Crippen molar-refractivity contribution in [1.82, 2.24) is 0 Å². The topological polar surface area (TPSA) is 73.9 Å². The predicted octanol–water partition coefficient (Wildman–Crippen LogP) is 4.38. The van der Waals surface area contributed by atoms with Gasteiger partial charge in [-0.25, -0.2) is 0 Å². The molecule has 3 atom stereocenters. The van der Waals surface area contributed by atoms with Gasteiger partial charge in [-0.1, -0.05) is 30.3 Å². The number of thiophene rings is 1. The summed E-state index contributed by atoms with van der Waals surface area (Å²) >= 11 is 1.53. The summed E-state index contributed by atoms with van der Waals surface area (Å²) < 4.78 is 5.67. The SMILES string of the molecule is N#CC1C(=N)OC2=C(C(=O)CC(c3ccccc3)C2)C1c1ccsc1. The zero-order valence-electron chi connectivity index (χ0n) is 13.4. The van der Waals surface area contributed by atoms with Crippen molar-refractivity contribution in [2.45, 2.75) is 24.7 Å². The van der Waals surface area contributed by atoms with Gasteiger partial charge in [-0.2, -0.15) is 16.6 Å². The van der Waals surface area contributed by atoms with Crippen molar-refractivity contribution < 1.29 is 9.53 Å². The molecule has 1 N–H and O–H groups in total. The highest BCUT2D eigenvalue weighted by Gasteiger charge is 2.44. The van der Waals surface area contributed by atoms with Crippen molar-refractivity contribution in [2.24, 2.45) is 5.92 Å². The van der Waals surface area contributed by atoms with Crippen molar-refractivity contribution in [3.63, 3.8) is 0 Å². The van der Waals surface area contributed by atoms with E-state index in [9.17, 15) is 10.1 Å². The molecule has 1 aromatic heterocycles. The van der Waals surface area contributed by atoms with E-state index in [1.54, 1.807) is 0 Å². The first-order chi connectivity index (χ1) is 12.2.